The van der Waals surface area contributed by atoms with E-state index in [1.807, 2.05) is 6.07 Å². The van der Waals surface area contributed by atoms with Gasteiger partial charge in [-0.2, -0.15) is 10.4 Å². The minimum atomic E-state index is 0.548. The normalized spacial score (nSPS) is 9.33. The first kappa shape index (κ1) is 9.30. The fraction of sp³-hybridized carbons (Fsp3) is 0.286. The van der Waals surface area contributed by atoms with Crippen LogP contribution in [-0.4, -0.2) is 21.8 Å². The van der Waals surface area contributed by atoms with Crippen LogP contribution >= 0.6 is 23.4 Å². The van der Waals surface area contributed by atoms with E-state index in [0.29, 0.717) is 16.5 Å². The minimum Gasteiger partial charge on any atom is -0.192 e. The second-order valence-electron chi connectivity index (χ2n) is 1.90. The van der Waals surface area contributed by atoms with Crippen molar-refractivity contribution < 1.29 is 0 Å². The molecule has 5 heteroatoms. The molecule has 0 radical (unpaired) electrons. The number of aromatic nitrogens is 2. The van der Waals surface area contributed by atoms with Gasteiger partial charge in [0.05, 0.1) is 11.8 Å². The van der Waals surface area contributed by atoms with E-state index in [4.69, 9.17) is 16.9 Å². The standard InChI is InChI=1S/C7H6ClN3S/c8-2-4-12-7-6(5-9)1-3-10-11-7/h1,3H,2,4H2. The van der Waals surface area contributed by atoms with Crippen molar-refractivity contribution in [3.63, 3.8) is 0 Å². The predicted octanol–water partition coefficient (Wildman–Crippen LogP) is 1.68. The van der Waals surface area contributed by atoms with Crippen molar-refractivity contribution in [3.05, 3.63) is 17.8 Å². The van der Waals surface area contributed by atoms with Crippen molar-refractivity contribution >= 4 is 23.4 Å². The van der Waals surface area contributed by atoms with Gasteiger partial charge >= 0.3 is 0 Å². The number of nitriles is 1. The van der Waals surface area contributed by atoms with Crippen LogP contribution in [0.2, 0.25) is 0 Å². The van der Waals surface area contributed by atoms with E-state index in [2.05, 4.69) is 10.2 Å². The lowest BCUT2D eigenvalue weighted by atomic mass is 10.3. The largest absolute Gasteiger partial charge is 0.192 e. The molecular formula is C7H6ClN3S. The second-order valence-corrected chi connectivity index (χ2v) is 3.36. The van der Waals surface area contributed by atoms with Crippen LogP contribution in [0.25, 0.3) is 0 Å². The van der Waals surface area contributed by atoms with Gasteiger partial charge in [-0.15, -0.1) is 28.5 Å². The molecule has 0 unspecified atom stereocenters. The van der Waals surface area contributed by atoms with Crippen LogP contribution in [0.15, 0.2) is 17.3 Å². The average Bonchev–Trinajstić information content (AvgIpc) is 2.15. The molecule has 0 aliphatic carbocycles. The van der Waals surface area contributed by atoms with E-state index >= 15 is 0 Å². The summed E-state index contributed by atoms with van der Waals surface area (Å²) < 4.78 is 0. The van der Waals surface area contributed by atoms with Gasteiger partial charge in [0.25, 0.3) is 0 Å². The lowest BCUT2D eigenvalue weighted by Gasteiger charge is -1.97. The number of thioether (sulfide) groups is 1. The van der Waals surface area contributed by atoms with Crippen LogP contribution in [0.5, 0.6) is 0 Å². The van der Waals surface area contributed by atoms with Crippen molar-refractivity contribution in [2.45, 2.75) is 5.03 Å². The molecule has 0 N–H and O–H groups in total. The Morgan fingerprint density at radius 1 is 1.67 bits per heavy atom. The summed E-state index contributed by atoms with van der Waals surface area (Å²) in [7, 11) is 0. The molecule has 0 saturated heterocycles. The summed E-state index contributed by atoms with van der Waals surface area (Å²) >= 11 is 6.94. The SMILES string of the molecule is N#Cc1ccnnc1SCCCl. The number of alkyl halides is 1. The fourth-order valence-corrected chi connectivity index (χ4v) is 1.52. The Bertz CT molecular complexity index is 297. The molecule has 0 fully saturated rings. The van der Waals surface area contributed by atoms with Crippen molar-refractivity contribution in [2.75, 3.05) is 11.6 Å². The van der Waals surface area contributed by atoms with Crippen molar-refractivity contribution in [1.82, 2.24) is 10.2 Å². The lowest BCUT2D eigenvalue weighted by Crippen LogP contribution is -1.90. The van der Waals surface area contributed by atoms with Gasteiger partial charge in [-0.3, -0.25) is 0 Å². The topological polar surface area (TPSA) is 49.6 Å². The first-order valence-corrected chi connectivity index (χ1v) is 4.81. The van der Waals surface area contributed by atoms with Gasteiger partial charge < -0.3 is 0 Å². The molecule has 0 saturated carbocycles. The van der Waals surface area contributed by atoms with E-state index in [1.54, 1.807) is 6.07 Å². The number of hydrogen-bond donors (Lipinski definition) is 0. The quantitative estimate of drug-likeness (QED) is 0.549. The molecule has 0 aliphatic heterocycles. The Morgan fingerprint density at radius 2 is 2.50 bits per heavy atom. The number of rotatable bonds is 3. The van der Waals surface area contributed by atoms with Crippen LogP contribution in [0.3, 0.4) is 0 Å². The zero-order valence-corrected chi connectivity index (χ0v) is 7.77. The van der Waals surface area contributed by atoms with Crippen molar-refractivity contribution in [2.24, 2.45) is 0 Å². The van der Waals surface area contributed by atoms with Gasteiger partial charge in [-0.1, -0.05) is 0 Å². The summed E-state index contributed by atoms with van der Waals surface area (Å²) in [5.74, 6) is 1.29. The van der Waals surface area contributed by atoms with E-state index in [9.17, 15) is 0 Å². The highest BCUT2D eigenvalue weighted by molar-refractivity contribution is 7.99. The molecule has 1 aromatic rings. The maximum Gasteiger partial charge on any atom is 0.137 e. The summed E-state index contributed by atoms with van der Waals surface area (Å²) in [5.41, 5.74) is 0.556. The predicted molar refractivity (Wildman–Crippen MR) is 48.2 cm³/mol. The molecule has 12 heavy (non-hydrogen) atoms. The Hall–Kier alpha value is -0.790. The number of hydrogen-bond acceptors (Lipinski definition) is 4. The van der Waals surface area contributed by atoms with Gasteiger partial charge in [-0.25, -0.2) is 0 Å². The highest BCUT2D eigenvalue weighted by atomic mass is 35.5. The first-order valence-electron chi connectivity index (χ1n) is 3.29. The maximum atomic E-state index is 8.65. The van der Waals surface area contributed by atoms with E-state index in [-0.39, 0.29) is 0 Å². The Kier molecular flexibility index (Phi) is 3.85. The average molecular weight is 200 g/mol. The summed E-state index contributed by atoms with van der Waals surface area (Å²) in [6, 6.07) is 3.68. The highest BCUT2D eigenvalue weighted by Crippen LogP contribution is 2.17. The molecule has 0 bridgehead atoms. The molecular weight excluding hydrogens is 194 g/mol. The third-order valence-corrected chi connectivity index (χ3v) is 2.52. The molecule has 1 aromatic heterocycles. The minimum absolute atomic E-state index is 0.548. The maximum absolute atomic E-state index is 8.65. The third-order valence-electron chi connectivity index (χ3n) is 1.12. The zero-order valence-electron chi connectivity index (χ0n) is 6.20. The Morgan fingerprint density at radius 3 is 3.17 bits per heavy atom. The van der Waals surface area contributed by atoms with Gasteiger partial charge in [-0.05, 0) is 6.07 Å². The van der Waals surface area contributed by atoms with E-state index < -0.39 is 0 Å². The van der Waals surface area contributed by atoms with Gasteiger partial charge in [0, 0.05) is 11.6 Å². The number of halogens is 1. The molecule has 3 nitrogen and oxygen atoms in total. The monoisotopic (exact) mass is 199 g/mol. The summed E-state index contributed by atoms with van der Waals surface area (Å²) in [5, 5.41) is 16.8. The van der Waals surface area contributed by atoms with Crippen LogP contribution in [0, 0.1) is 11.3 Å². The molecule has 62 valence electrons. The molecule has 0 aliphatic rings. The second kappa shape index (κ2) is 4.96. The van der Waals surface area contributed by atoms with Crippen molar-refractivity contribution in [1.29, 1.82) is 5.26 Å². The van der Waals surface area contributed by atoms with Gasteiger partial charge in [0.1, 0.15) is 11.1 Å². The Labute approximate surface area is 79.8 Å². The molecule has 1 rings (SSSR count). The van der Waals surface area contributed by atoms with Crippen molar-refractivity contribution in [3.8, 4) is 6.07 Å². The third kappa shape index (κ3) is 2.36. The van der Waals surface area contributed by atoms with E-state index in [0.717, 1.165) is 5.75 Å². The molecule has 0 atom stereocenters. The van der Waals surface area contributed by atoms with Crippen LogP contribution in [-0.2, 0) is 0 Å². The van der Waals surface area contributed by atoms with Crippen LogP contribution in [0.1, 0.15) is 5.56 Å². The van der Waals surface area contributed by atoms with Crippen LogP contribution in [0.4, 0.5) is 0 Å². The number of nitrogens with zero attached hydrogens (tertiary/aromatic N) is 3. The summed E-state index contributed by atoms with van der Waals surface area (Å²) in [6.45, 7) is 0. The smallest absolute Gasteiger partial charge is 0.137 e. The molecule has 0 aromatic carbocycles. The molecule has 0 spiro atoms. The molecule has 1 heterocycles. The molecule has 0 amide bonds. The Balaban J connectivity index is 2.77. The zero-order chi connectivity index (χ0) is 8.81. The highest BCUT2D eigenvalue weighted by Gasteiger charge is 2.02. The fourth-order valence-electron chi connectivity index (χ4n) is 0.646. The summed E-state index contributed by atoms with van der Waals surface area (Å²) in [6.07, 6.45) is 1.50. The lowest BCUT2D eigenvalue weighted by molar-refractivity contribution is 0.920. The van der Waals surface area contributed by atoms with Gasteiger partial charge in [0.15, 0.2) is 0 Å². The van der Waals surface area contributed by atoms with Gasteiger partial charge in [0.2, 0.25) is 0 Å². The van der Waals surface area contributed by atoms with E-state index in [1.165, 1.54) is 18.0 Å². The first-order chi connectivity index (χ1) is 5.88. The van der Waals surface area contributed by atoms with Crippen LogP contribution < -0.4 is 0 Å². The summed E-state index contributed by atoms with van der Waals surface area (Å²) in [4.78, 5) is 0.